The average Bonchev–Trinajstić information content (AvgIpc) is 3.21. The zero-order valence-corrected chi connectivity index (χ0v) is 14.7. The van der Waals surface area contributed by atoms with Gasteiger partial charge in [-0.05, 0) is 47.7 Å². The second kappa shape index (κ2) is 6.47. The minimum Gasteiger partial charge on any atom is -0.365 e. The largest absolute Gasteiger partial charge is 0.365 e. The number of thioether (sulfide) groups is 1. The van der Waals surface area contributed by atoms with E-state index in [1.54, 1.807) is 6.20 Å². The van der Waals surface area contributed by atoms with Crippen LogP contribution in [0.15, 0.2) is 35.1 Å². The van der Waals surface area contributed by atoms with Gasteiger partial charge < -0.3 is 10.6 Å². The van der Waals surface area contributed by atoms with Crippen LogP contribution in [0, 0.1) is 5.92 Å². The van der Waals surface area contributed by atoms with E-state index >= 15 is 0 Å². The number of hydrogen-bond donors (Lipinski definition) is 1. The number of amides is 1. The lowest BCUT2D eigenvalue weighted by Crippen LogP contribution is -2.24. The summed E-state index contributed by atoms with van der Waals surface area (Å²) >= 11 is 1.42. The third kappa shape index (κ3) is 3.23. The molecule has 1 unspecified atom stereocenters. The highest BCUT2D eigenvalue weighted by molar-refractivity contribution is 8.04. The molecule has 0 aromatic carbocycles. The standard InChI is InChI=1S/C16H19N7OS/c1-10-13(14(17)24)25-16(22(10)8-12-3-2-6-18-7-12)15-19-20-21-23(15)9-11-4-5-11/h2-3,6-7,11,16H,4-5,8-9H2,1H3,(H2,17,24). The maximum Gasteiger partial charge on any atom is 0.256 e. The molecule has 2 aliphatic rings. The monoisotopic (exact) mass is 357 g/mol. The Morgan fingerprint density at radius 2 is 2.28 bits per heavy atom. The van der Waals surface area contributed by atoms with Crippen LogP contribution in [0.4, 0.5) is 0 Å². The van der Waals surface area contributed by atoms with Gasteiger partial charge in [-0.2, -0.15) is 0 Å². The average molecular weight is 357 g/mol. The predicted molar refractivity (Wildman–Crippen MR) is 92.5 cm³/mol. The van der Waals surface area contributed by atoms with Crippen LogP contribution in [0.3, 0.4) is 0 Å². The van der Waals surface area contributed by atoms with E-state index in [0.29, 0.717) is 17.4 Å². The lowest BCUT2D eigenvalue weighted by Gasteiger charge is -2.26. The van der Waals surface area contributed by atoms with Gasteiger partial charge in [0, 0.05) is 31.2 Å². The summed E-state index contributed by atoms with van der Waals surface area (Å²) in [5.41, 5.74) is 7.48. The highest BCUT2D eigenvalue weighted by Gasteiger charge is 2.38. The van der Waals surface area contributed by atoms with Crippen LogP contribution in [0.1, 0.15) is 36.5 Å². The second-order valence-electron chi connectivity index (χ2n) is 6.40. The molecule has 1 aliphatic heterocycles. The molecule has 130 valence electrons. The van der Waals surface area contributed by atoms with Crippen molar-refractivity contribution in [2.75, 3.05) is 0 Å². The Kier molecular flexibility index (Phi) is 4.16. The van der Waals surface area contributed by atoms with Crippen molar-refractivity contribution < 1.29 is 4.79 Å². The molecule has 3 heterocycles. The first-order valence-electron chi connectivity index (χ1n) is 8.22. The number of carbonyl (C=O) groups is 1. The Bertz CT molecular complexity index is 815. The van der Waals surface area contributed by atoms with Gasteiger partial charge >= 0.3 is 0 Å². The van der Waals surface area contributed by atoms with E-state index in [4.69, 9.17) is 5.73 Å². The molecule has 0 saturated heterocycles. The van der Waals surface area contributed by atoms with Gasteiger partial charge in [-0.15, -0.1) is 5.10 Å². The highest BCUT2D eigenvalue weighted by Crippen LogP contribution is 2.47. The number of rotatable bonds is 6. The molecule has 1 aliphatic carbocycles. The quantitative estimate of drug-likeness (QED) is 0.834. The molecule has 2 N–H and O–H groups in total. The summed E-state index contributed by atoms with van der Waals surface area (Å²) < 4.78 is 1.86. The number of hydrogen-bond acceptors (Lipinski definition) is 7. The normalized spacial score (nSPS) is 20.4. The lowest BCUT2D eigenvalue weighted by molar-refractivity contribution is -0.114. The highest BCUT2D eigenvalue weighted by atomic mass is 32.2. The third-order valence-electron chi connectivity index (χ3n) is 4.48. The van der Waals surface area contributed by atoms with Crippen LogP contribution >= 0.6 is 11.8 Å². The lowest BCUT2D eigenvalue weighted by atomic mass is 10.2. The van der Waals surface area contributed by atoms with E-state index in [9.17, 15) is 4.79 Å². The number of aromatic nitrogens is 5. The van der Waals surface area contributed by atoms with E-state index < -0.39 is 5.91 Å². The number of pyridine rings is 1. The van der Waals surface area contributed by atoms with Gasteiger partial charge in [0.15, 0.2) is 5.82 Å². The van der Waals surface area contributed by atoms with Gasteiger partial charge in [0.25, 0.3) is 5.91 Å². The molecule has 25 heavy (non-hydrogen) atoms. The smallest absolute Gasteiger partial charge is 0.256 e. The maximum atomic E-state index is 11.8. The molecule has 2 aromatic heterocycles. The van der Waals surface area contributed by atoms with E-state index in [1.165, 1.54) is 24.6 Å². The number of allylic oxidation sites excluding steroid dienone is 1. The van der Waals surface area contributed by atoms with Crippen LogP contribution in [0.5, 0.6) is 0 Å². The van der Waals surface area contributed by atoms with Crippen LogP contribution in [0.25, 0.3) is 0 Å². The Balaban J connectivity index is 1.65. The molecule has 0 radical (unpaired) electrons. The Morgan fingerprint density at radius 1 is 1.44 bits per heavy atom. The number of nitrogens with two attached hydrogens (primary N) is 1. The van der Waals surface area contributed by atoms with Gasteiger partial charge in [-0.1, -0.05) is 17.8 Å². The van der Waals surface area contributed by atoms with Crippen molar-refractivity contribution in [2.24, 2.45) is 11.7 Å². The van der Waals surface area contributed by atoms with Gasteiger partial charge in [-0.25, -0.2) is 4.68 Å². The van der Waals surface area contributed by atoms with E-state index in [2.05, 4.69) is 25.4 Å². The Morgan fingerprint density at radius 3 is 2.96 bits per heavy atom. The fourth-order valence-corrected chi connectivity index (χ4v) is 4.21. The molecule has 1 fully saturated rings. The van der Waals surface area contributed by atoms with Gasteiger partial charge in [0.2, 0.25) is 0 Å². The molecule has 8 nitrogen and oxygen atoms in total. The van der Waals surface area contributed by atoms with Crippen LogP contribution in [-0.2, 0) is 17.9 Å². The molecule has 1 atom stereocenters. The van der Waals surface area contributed by atoms with Crippen molar-refractivity contribution in [3.05, 3.63) is 46.5 Å². The number of carbonyl (C=O) groups excluding carboxylic acids is 1. The molecule has 0 spiro atoms. The summed E-state index contributed by atoms with van der Waals surface area (Å²) in [4.78, 5) is 18.7. The zero-order chi connectivity index (χ0) is 17.4. The summed E-state index contributed by atoms with van der Waals surface area (Å²) in [6.45, 7) is 3.36. The molecular formula is C16H19N7OS. The van der Waals surface area contributed by atoms with E-state index in [0.717, 1.165) is 23.6 Å². The van der Waals surface area contributed by atoms with Gasteiger partial charge in [-0.3, -0.25) is 9.78 Å². The molecular weight excluding hydrogens is 338 g/mol. The summed E-state index contributed by atoms with van der Waals surface area (Å²) in [5, 5.41) is 12.1. The Hall–Kier alpha value is -2.42. The molecule has 0 bridgehead atoms. The van der Waals surface area contributed by atoms with Crippen LogP contribution in [-0.4, -0.2) is 36.0 Å². The van der Waals surface area contributed by atoms with Crippen molar-refractivity contribution in [3.63, 3.8) is 0 Å². The van der Waals surface area contributed by atoms with Crippen molar-refractivity contribution in [3.8, 4) is 0 Å². The van der Waals surface area contributed by atoms with Crippen LogP contribution < -0.4 is 5.73 Å². The fourth-order valence-electron chi connectivity index (χ4n) is 2.95. The first kappa shape index (κ1) is 16.1. The van der Waals surface area contributed by atoms with Crippen molar-refractivity contribution in [1.29, 1.82) is 0 Å². The first-order valence-corrected chi connectivity index (χ1v) is 9.10. The Labute approximate surface area is 149 Å². The minimum absolute atomic E-state index is 0.170. The number of nitrogens with zero attached hydrogens (tertiary/aromatic N) is 6. The van der Waals surface area contributed by atoms with Crippen molar-refractivity contribution in [2.45, 2.75) is 38.2 Å². The van der Waals surface area contributed by atoms with Crippen molar-refractivity contribution in [1.82, 2.24) is 30.1 Å². The number of tetrazole rings is 1. The van der Waals surface area contributed by atoms with Crippen LogP contribution in [0.2, 0.25) is 0 Å². The molecule has 1 saturated carbocycles. The SMILES string of the molecule is CC1=C(C(N)=O)SC(c2nnnn2CC2CC2)N1Cc1cccnc1. The predicted octanol–water partition coefficient (Wildman–Crippen LogP) is 1.44. The van der Waals surface area contributed by atoms with Gasteiger partial charge in [0.05, 0.1) is 4.91 Å². The zero-order valence-electron chi connectivity index (χ0n) is 13.9. The first-order chi connectivity index (χ1) is 12.1. The summed E-state index contributed by atoms with van der Waals surface area (Å²) in [6.07, 6.45) is 6.01. The molecule has 1 amide bonds. The topological polar surface area (TPSA) is 103 Å². The molecule has 9 heteroatoms. The third-order valence-corrected chi connectivity index (χ3v) is 5.90. The molecule has 2 aromatic rings. The van der Waals surface area contributed by atoms with Crippen molar-refractivity contribution >= 4 is 17.7 Å². The van der Waals surface area contributed by atoms with Gasteiger partial charge in [0.1, 0.15) is 5.37 Å². The molecule has 4 rings (SSSR count). The number of primary amides is 1. The van der Waals surface area contributed by atoms with E-state index in [1.807, 2.05) is 29.9 Å². The second-order valence-corrected chi connectivity index (χ2v) is 7.49. The summed E-state index contributed by atoms with van der Waals surface area (Å²) in [7, 11) is 0. The fraction of sp³-hybridized carbons (Fsp3) is 0.438. The summed E-state index contributed by atoms with van der Waals surface area (Å²) in [5.74, 6) is 1.00. The maximum absolute atomic E-state index is 11.8. The summed E-state index contributed by atoms with van der Waals surface area (Å²) in [6, 6.07) is 3.91. The van der Waals surface area contributed by atoms with E-state index in [-0.39, 0.29) is 5.37 Å². The minimum atomic E-state index is -0.414.